The van der Waals surface area contributed by atoms with Crippen LogP contribution in [0.4, 0.5) is 0 Å². The van der Waals surface area contributed by atoms with Crippen molar-refractivity contribution in [2.75, 3.05) is 27.9 Å². The highest BCUT2D eigenvalue weighted by Crippen LogP contribution is 2.26. The van der Waals surface area contributed by atoms with Crippen LogP contribution in [0.5, 0.6) is 11.5 Å². The van der Waals surface area contributed by atoms with Crippen molar-refractivity contribution in [1.29, 1.82) is 0 Å². The summed E-state index contributed by atoms with van der Waals surface area (Å²) in [6.45, 7) is 0.00317. The molecule has 0 bridgehead atoms. The molecule has 0 saturated carbocycles. The van der Waals surface area contributed by atoms with E-state index in [1.54, 1.807) is 44.6 Å². The standard InChI is InChI=1S/C10H12O3.C2H6O/c1-13-10-7-8(3-2-6-11)4-5-9(10)12;1-3-2/h2-5,7,11-12H,6H2,1H3;1-2H3. The minimum absolute atomic E-state index is 0.00317. The number of hydrogen-bond donors (Lipinski definition) is 2. The third kappa shape index (κ3) is 5.38. The minimum Gasteiger partial charge on any atom is -0.504 e. The molecule has 0 heterocycles. The van der Waals surface area contributed by atoms with Crippen LogP contribution >= 0.6 is 0 Å². The molecular formula is C12H18O4. The van der Waals surface area contributed by atoms with Crippen molar-refractivity contribution in [3.8, 4) is 11.5 Å². The summed E-state index contributed by atoms with van der Waals surface area (Å²) in [4.78, 5) is 0. The molecular weight excluding hydrogens is 208 g/mol. The predicted molar refractivity (Wildman–Crippen MR) is 63.7 cm³/mol. The van der Waals surface area contributed by atoms with E-state index in [2.05, 4.69) is 4.74 Å². The first-order chi connectivity index (χ1) is 7.69. The van der Waals surface area contributed by atoms with Crippen LogP contribution in [0.1, 0.15) is 5.56 Å². The molecule has 0 saturated heterocycles. The molecule has 1 aromatic carbocycles. The normalized spacial score (nSPS) is 9.75. The van der Waals surface area contributed by atoms with Gasteiger partial charge in [0.2, 0.25) is 0 Å². The van der Waals surface area contributed by atoms with Gasteiger partial charge in [-0.05, 0) is 17.7 Å². The van der Waals surface area contributed by atoms with Crippen LogP contribution in [0.3, 0.4) is 0 Å². The monoisotopic (exact) mass is 226 g/mol. The summed E-state index contributed by atoms with van der Waals surface area (Å²) in [6.07, 6.45) is 3.37. The van der Waals surface area contributed by atoms with Crippen molar-refractivity contribution in [3.63, 3.8) is 0 Å². The summed E-state index contributed by atoms with van der Waals surface area (Å²) < 4.78 is 9.17. The first-order valence-corrected chi connectivity index (χ1v) is 4.74. The Kier molecular flexibility index (Phi) is 7.93. The summed E-state index contributed by atoms with van der Waals surface area (Å²) in [7, 11) is 4.74. The second-order valence-electron chi connectivity index (χ2n) is 2.92. The number of phenolic OH excluding ortho intramolecular Hbond substituents is 1. The summed E-state index contributed by atoms with van der Waals surface area (Å²) in [5.41, 5.74) is 0.878. The Labute approximate surface area is 95.8 Å². The van der Waals surface area contributed by atoms with Gasteiger partial charge in [-0.15, -0.1) is 0 Å². The lowest BCUT2D eigenvalue weighted by Crippen LogP contribution is -1.84. The molecule has 16 heavy (non-hydrogen) atoms. The molecule has 0 aromatic heterocycles. The first kappa shape index (κ1) is 14.5. The zero-order valence-electron chi connectivity index (χ0n) is 9.80. The van der Waals surface area contributed by atoms with Crippen LogP contribution in [-0.2, 0) is 4.74 Å². The van der Waals surface area contributed by atoms with Gasteiger partial charge in [-0.2, -0.15) is 0 Å². The van der Waals surface area contributed by atoms with Crippen molar-refractivity contribution in [1.82, 2.24) is 0 Å². The zero-order chi connectivity index (χ0) is 12.4. The van der Waals surface area contributed by atoms with Crippen molar-refractivity contribution in [2.24, 2.45) is 0 Å². The Bertz CT molecular complexity index is 321. The molecule has 1 aromatic rings. The Balaban J connectivity index is 0.000000673. The van der Waals surface area contributed by atoms with Crippen molar-refractivity contribution in [2.45, 2.75) is 0 Å². The number of ether oxygens (including phenoxy) is 2. The molecule has 0 amide bonds. The van der Waals surface area contributed by atoms with E-state index >= 15 is 0 Å². The smallest absolute Gasteiger partial charge is 0.161 e. The maximum atomic E-state index is 9.26. The molecule has 1 rings (SSSR count). The number of hydrogen-bond acceptors (Lipinski definition) is 4. The van der Waals surface area contributed by atoms with Gasteiger partial charge in [-0.3, -0.25) is 0 Å². The Morgan fingerprint density at radius 2 is 1.88 bits per heavy atom. The Morgan fingerprint density at radius 1 is 1.25 bits per heavy atom. The topological polar surface area (TPSA) is 58.9 Å². The second kappa shape index (κ2) is 8.76. The predicted octanol–water partition coefficient (Wildman–Crippen LogP) is 1.67. The lowest BCUT2D eigenvalue weighted by Gasteiger charge is -2.03. The molecule has 90 valence electrons. The molecule has 4 nitrogen and oxygen atoms in total. The van der Waals surface area contributed by atoms with E-state index in [1.165, 1.54) is 7.11 Å². The fourth-order valence-electron chi connectivity index (χ4n) is 0.987. The maximum Gasteiger partial charge on any atom is 0.161 e. The zero-order valence-corrected chi connectivity index (χ0v) is 9.80. The molecule has 2 N–H and O–H groups in total. The highest BCUT2D eigenvalue weighted by atomic mass is 16.5. The fourth-order valence-corrected chi connectivity index (χ4v) is 0.987. The molecule has 0 aliphatic heterocycles. The Hall–Kier alpha value is -1.52. The average Bonchev–Trinajstić information content (AvgIpc) is 2.29. The highest BCUT2D eigenvalue weighted by molar-refractivity contribution is 5.55. The van der Waals surface area contributed by atoms with Crippen molar-refractivity contribution >= 4 is 6.08 Å². The van der Waals surface area contributed by atoms with Gasteiger partial charge in [0, 0.05) is 14.2 Å². The molecule has 0 unspecified atom stereocenters. The fraction of sp³-hybridized carbons (Fsp3) is 0.333. The number of aliphatic hydroxyl groups is 1. The van der Waals surface area contributed by atoms with Gasteiger partial charge in [0.05, 0.1) is 13.7 Å². The van der Waals surface area contributed by atoms with E-state index < -0.39 is 0 Å². The number of phenols is 1. The van der Waals surface area contributed by atoms with E-state index in [4.69, 9.17) is 9.84 Å². The molecule has 4 heteroatoms. The van der Waals surface area contributed by atoms with Gasteiger partial charge in [0.25, 0.3) is 0 Å². The number of aliphatic hydroxyl groups excluding tert-OH is 1. The van der Waals surface area contributed by atoms with Crippen molar-refractivity contribution < 1.29 is 19.7 Å². The van der Waals surface area contributed by atoms with Crippen LogP contribution in [0.2, 0.25) is 0 Å². The van der Waals surface area contributed by atoms with E-state index in [1.807, 2.05) is 0 Å². The summed E-state index contributed by atoms with van der Waals surface area (Å²) >= 11 is 0. The van der Waals surface area contributed by atoms with Crippen LogP contribution in [0, 0.1) is 0 Å². The SMILES string of the molecule is COC.COc1cc(C=CCO)ccc1O. The summed E-state index contributed by atoms with van der Waals surface area (Å²) in [5, 5.41) is 17.8. The summed E-state index contributed by atoms with van der Waals surface area (Å²) in [5.74, 6) is 0.545. The molecule has 0 fully saturated rings. The van der Waals surface area contributed by atoms with Crippen LogP contribution in [0.15, 0.2) is 24.3 Å². The van der Waals surface area contributed by atoms with Gasteiger partial charge >= 0.3 is 0 Å². The average molecular weight is 226 g/mol. The number of aromatic hydroxyl groups is 1. The highest BCUT2D eigenvalue weighted by Gasteiger charge is 1.99. The summed E-state index contributed by atoms with van der Waals surface area (Å²) in [6, 6.07) is 4.99. The second-order valence-corrected chi connectivity index (χ2v) is 2.92. The van der Waals surface area contributed by atoms with Crippen molar-refractivity contribution in [3.05, 3.63) is 29.8 Å². The third-order valence-electron chi connectivity index (χ3n) is 1.62. The van der Waals surface area contributed by atoms with Crippen LogP contribution in [-0.4, -0.2) is 38.1 Å². The molecule has 0 aliphatic rings. The maximum absolute atomic E-state index is 9.26. The van der Waals surface area contributed by atoms with E-state index in [9.17, 15) is 5.11 Å². The molecule has 0 radical (unpaired) electrons. The Morgan fingerprint density at radius 3 is 2.38 bits per heavy atom. The number of rotatable bonds is 3. The van der Waals surface area contributed by atoms with Gasteiger partial charge < -0.3 is 19.7 Å². The van der Waals surface area contributed by atoms with Gasteiger partial charge in [-0.1, -0.05) is 18.2 Å². The van der Waals surface area contributed by atoms with Gasteiger partial charge in [0.1, 0.15) is 0 Å². The molecule has 0 spiro atoms. The quantitative estimate of drug-likeness (QED) is 0.823. The number of methoxy groups -OCH3 is 2. The minimum atomic E-state index is 0.00317. The van der Waals surface area contributed by atoms with E-state index in [0.717, 1.165) is 5.56 Å². The first-order valence-electron chi connectivity index (χ1n) is 4.74. The number of benzene rings is 1. The van der Waals surface area contributed by atoms with Crippen LogP contribution < -0.4 is 4.74 Å². The van der Waals surface area contributed by atoms with Gasteiger partial charge in [-0.25, -0.2) is 0 Å². The van der Waals surface area contributed by atoms with E-state index in [0.29, 0.717) is 5.75 Å². The lowest BCUT2D eigenvalue weighted by molar-refractivity contribution is 0.277. The largest absolute Gasteiger partial charge is 0.504 e. The third-order valence-corrected chi connectivity index (χ3v) is 1.62. The van der Waals surface area contributed by atoms with Gasteiger partial charge in [0.15, 0.2) is 11.5 Å². The molecule has 0 atom stereocenters. The lowest BCUT2D eigenvalue weighted by atomic mass is 10.2. The molecule has 0 aliphatic carbocycles. The van der Waals surface area contributed by atoms with E-state index in [-0.39, 0.29) is 12.4 Å². The van der Waals surface area contributed by atoms with Crippen LogP contribution in [0.25, 0.3) is 6.08 Å².